The van der Waals surface area contributed by atoms with E-state index in [4.69, 9.17) is 0 Å². The predicted octanol–water partition coefficient (Wildman–Crippen LogP) is 3.44. The van der Waals surface area contributed by atoms with Crippen LogP contribution in [-0.2, 0) is 0 Å². The molecule has 2 aromatic carbocycles. The van der Waals surface area contributed by atoms with Crippen molar-refractivity contribution in [3.63, 3.8) is 0 Å². The van der Waals surface area contributed by atoms with Crippen molar-refractivity contribution in [2.24, 2.45) is 0 Å². The van der Waals surface area contributed by atoms with E-state index in [1.54, 1.807) is 0 Å². The molecular weight excluding hydrogens is 286 g/mol. The fraction of sp³-hybridized carbons (Fsp3) is 0.278. The van der Waals surface area contributed by atoms with E-state index in [0.29, 0.717) is 0 Å². The van der Waals surface area contributed by atoms with E-state index in [-0.39, 0.29) is 12.1 Å². The van der Waals surface area contributed by atoms with E-state index in [1.807, 2.05) is 4.68 Å². The first-order valence-corrected chi connectivity index (χ1v) is 7.88. The molecule has 0 amide bonds. The fourth-order valence-corrected chi connectivity index (χ4v) is 3.12. The zero-order valence-corrected chi connectivity index (χ0v) is 13.3. The lowest BCUT2D eigenvalue weighted by molar-refractivity contribution is 0.423. The lowest BCUT2D eigenvalue weighted by Gasteiger charge is -2.31. The van der Waals surface area contributed by atoms with E-state index >= 15 is 0 Å². The number of anilines is 1. The molecule has 5 heteroatoms. The van der Waals surface area contributed by atoms with Crippen LogP contribution >= 0.6 is 0 Å². The van der Waals surface area contributed by atoms with E-state index in [1.165, 1.54) is 22.3 Å². The Bertz CT molecular complexity index is 804. The Morgan fingerprint density at radius 2 is 1.52 bits per heavy atom. The molecule has 3 aromatic rings. The van der Waals surface area contributed by atoms with E-state index in [9.17, 15) is 0 Å². The monoisotopic (exact) mass is 305 g/mol. The zero-order valence-electron chi connectivity index (χ0n) is 13.3. The first-order chi connectivity index (χ1) is 11.2. The van der Waals surface area contributed by atoms with Crippen LogP contribution in [0.1, 0.15) is 40.8 Å². The third kappa shape index (κ3) is 2.59. The summed E-state index contributed by atoms with van der Waals surface area (Å²) < 4.78 is 1.88. The molecule has 23 heavy (non-hydrogen) atoms. The summed E-state index contributed by atoms with van der Waals surface area (Å²) in [6.07, 6.45) is 0.921. The van der Waals surface area contributed by atoms with Gasteiger partial charge < -0.3 is 5.32 Å². The highest BCUT2D eigenvalue weighted by Gasteiger charge is 2.30. The molecule has 0 saturated heterocycles. The third-order valence-corrected chi connectivity index (χ3v) is 4.49. The van der Waals surface area contributed by atoms with Crippen LogP contribution in [0.3, 0.4) is 0 Å². The lowest BCUT2D eigenvalue weighted by Crippen LogP contribution is -2.28. The number of nitrogens with one attached hydrogen (secondary N) is 1. The highest BCUT2D eigenvalue weighted by molar-refractivity contribution is 5.38. The summed E-state index contributed by atoms with van der Waals surface area (Å²) in [6.45, 7) is 4.21. The van der Waals surface area contributed by atoms with Crippen LogP contribution in [0.5, 0.6) is 0 Å². The van der Waals surface area contributed by atoms with Gasteiger partial charge in [-0.2, -0.15) is 0 Å². The summed E-state index contributed by atoms with van der Waals surface area (Å²) in [7, 11) is 0. The summed E-state index contributed by atoms with van der Waals surface area (Å²) in [4.78, 5) is 0. The quantitative estimate of drug-likeness (QED) is 0.788. The van der Waals surface area contributed by atoms with Crippen molar-refractivity contribution in [3.05, 3.63) is 70.8 Å². The molecule has 0 saturated carbocycles. The highest BCUT2D eigenvalue weighted by atomic mass is 15.6. The Balaban J connectivity index is 1.71. The van der Waals surface area contributed by atoms with Crippen molar-refractivity contribution >= 4 is 5.95 Å². The van der Waals surface area contributed by atoms with Crippen LogP contribution in [0.4, 0.5) is 5.95 Å². The summed E-state index contributed by atoms with van der Waals surface area (Å²) in [5.41, 5.74) is 5.03. The normalized spacial score (nSPS) is 19.9. The van der Waals surface area contributed by atoms with Gasteiger partial charge in [0.2, 0.25) is 5.95 Å². The van der Waals surface area contributed by atoms with Crippen molar-refractivity contribution < 1.29 is 0 Å². The topological polar surface area (TPSA) is 55.6 Å². The van der Waals surface area contributed by atoms with Gasteiger partial charge in [-0.3, -0.25) is 0 Å². The number of benzene rings is 2. The molecule has 0 radical (unpaired) electrons. The second-order valence-corrected chi connectivity index (χ2v) is 6.22. The molecule has 0 aliphatic carbocycles. The molecule has 2 heterocycles. The Kier molecular flexibility index (Phi) is 3.33. The van der Waals surface area contributed by atoms with Gasteiger partial charge in [-0.25, -0.2) is 4.68 Å². The Hall–Kier alpha value is -2.69. The molecule has 0 fully saturated rings. The molecule has 2 atom stereocenters. The third-order valence-electron chi connectivity index (χ3n) is 4.49. The van der Waals surface area contributed by atoms with Gasteiger partial charge in [0, 0.05) is 0 Å². The number of aromatic nitrogens is 4. The largest absolute Gasteiger partial charge is 0.346 e. The number of hydrogen-bond acceptors (Lipinski definition) is 4. The molecule has 0 spiro atoms. The fourth-order valence-electron chi connectivity index (χ4n) is 3.12. The summed E-state index contributed by atoms with van der Waals surface area (Å²) in [6, 6.07) is 17.6. The molecular formula is C18H19N5. The summed E-state index contributed by atoms with van der Waals surface area (Å²) >= 11 is 0. The van der Waals surface area contributed by atoms with Crippen LogP contribution in [0.15, 0.2) is 48.5 Å². The molecule has 4 rings (SSSR count). The minimum absolute atomic E-state index is 0.146. The van der Waals surface area contributed by atoms with Crippen LogP contribution < -0.4 is 5.32 Å². The van der Waals surface area contributed by atoms with Crippen molar-refractivity contribution in [1.29, 1.82) is 0 Å². The minimum atomic E-state index is 0.146. The van der Waals surface area contributed by atoms with Crippen molar-refractivity contribution in [1.82, 2.24) is 20.2 Å². The molecule has 1 N–H and O–H groups in total. The summed E-state index contributed by atoms with van der Waals surface area (Å²) in [5, 5.41) is 15.6. The maximum absolute atomic E-state index is 4.17. The SMILES string of the molecule is Cc1ccc(C2CC(c3ccc(C)cc3)n3nnnc3N2)cc1. The standard InChI is InChI=1S/C18H19N5/c1-12-3-7-14(8-4-12)16-11-17(15-9-5-13(2)6-10-15)23-18(19-16)20-21-22-23/h3-10,16-17H,11H2,1-2H3,(H,19,20,22). The molecule has 116 valence electrons. The van der Waals surface area contributed by atoms with Crippen LogP contribution in [0, 0.1) is 13.8 Å². The van der Waals surface area contributed by atoms with Crippen LogP contribution in [0.25, 0.3) is 0 Å². The molecule has 5 nitrogen and oxygen atoms in total. The lowest BCUT2D eigenvalue weighted by atomic mass is 9.92. The van der Waals surface area contributed by atoms with Crippen molar-refractivity contribution in [2.45, 2.75) is 32.4 Å². The number of aryl methyl sites for hydroxylation is 2. The smallest absolute Gasteiger partial charge is 0.243 e. The second-order valence-electron chi connectivity index (χ2n) is 6.22. The van der Waals surface area contributed by atoms with Crippen LogP contribution in [0.2, 0.25) is 0 Å². The van der Waals surface area contributed by atoms with Crippen molar-refractivity contribution in [2.75, 3.05) is 5.32 Å². The Morgan fingerprint density at radius 3 is 2.17 bits per heavy atom. The second kappa shape index (κ2) is 5.50. The maximum Gasteiger partial charge on any atom is 0.243 e. The molecule has 1 aliphatic heterocycles. The number of tetrazole rings is 1. The highest BCUT2D eigenvalue weighted by Crippen LogP contribution is 2.36. The zero-order chi connectivity index (χ0) is 15.8. The number of hydrogen-bond donors (Lipinski definition) is 1. The van der Waals surface area contributed by atoms with E-state index in [2.05, 4.69) is 83.2 Å². The van der Waals surface area contributed by atoms with Gasteiger partial charge in [0.05, 0.1) is 12.1 Å². The van der Waals surface area contributed by atoms with Crippen molar-refractivity contribution in [3.8, 4) is 0 Å². The van der Waals surface area contributed by atoms with Gasteiger partial charge in [-0.05, 0) is 41.8 Å². The van der Waals surface area contributed by atoms with Crippen LogP contribution in [-0.4, -0.2) is 20.2 Å². The molecule has 1 aliphatic rings. The van der Waals surface area contributed by atoms with E-state index < -0.39 is 0 Å². The van der Waals surface area contributed by atoms with Gasteiger partial charge in [-0.1, -0.05) is 64.8 Å². The molecule has 1 aromatic heterocycles. The molecule has 0 bridgehead atoms. The summed E-state index contributed by atoms with van der Waals surface area (Å²) in [5.74, 6) is 0.729. The first kappa shape index (κ1) is 13.9. The molecule has 2 unspecified atom stereocenters. The number of fused-ring (bicyclic) bond motifs is 1. The maximum atomic E-state index is 4.17. The first-order valence-electron chi connectivity index (χ1n) is 7.88. The van der Waals surface area contributed by atoms with Gasteiger partial charge >= 0.3 is 0 Å². The van der Waals surface area contributed by atoms with Gasteiger partial charge in [-0.15, -0.1) is 0 Å². The minimum Gasteiger partial charge on any atom is -0.346 e. The average Bonchev–Trinajstić information content (AvgIpc) is 3.04. The number of nitrogens with zero attached hydrogens (tertiary/aromatic N) is 4. The Labute approximate surface area is 135 Å². The number of rotatable bonds is 2. The van der Waals surface area contributed by atoms with E-state index in [0.717, 1.165) is 12.4 Å². The Morgan fingerprint density at radius 1 is 0.913 bits per heavy atom. The predicted molar refractivity (Wildman–Crippen MR) is 89.3 cm³/mol. The van der Waals surface area contributed by atoms with Gasteiger partial charge in [0.25, 0.3) is 0 Å². The van der Waals surface area contributed by atoms with Gasteiger partial charge in [0.1, 0.15) is 0 Å². The average molecular weight is 305 g/mol. The van der Waals surface area contributed by atoms with Gasteiger partial charge in [0.15, 0.2) is 0 Å².